The number of aliphatic hydroxyl groups excluding tert-OH is 1. The van der Waals surface area contributed by atoms with Crippen LogP contribution in [0.3, 0.4) is 0 Å². The highest BCUT2D eigenvalue weighted by Gasteiger charge is 2.46. The molecule has 186 valence electrons. The molecule has 0 radical (unpaired) electrons. The van der Waals surface area contributed by atoms with E-state index in [1.807, 2.05) is 18.3 Å². The van der Waals surface area contributed by atoms with E-state index < -0.39 is 12.1 Å². The lowest BCUT2D eigenvalue weighted by Crippen LogP contribution is -2.52. The molecule has 0 unspecified atom stereocenters. The number of rotatable bonds is 9. The molecule has 1 aliphatic heterocycles. The van der Waals surface area contributed by atoms with Crippen molar-refractivity contribution in [2.45, 2.75) is 83.1 Å². The van der Waals surface area contributed by atoms with Gasteiger partial charge in [0.05, 0.1) is 23.8 Å². The Kier molecular flexibility index (Phi) is 7.73. The number of amides is 1. The van der Waals surface area contributed by atoms with Crippen LogP contribution in [0.25, 0.3) is 0 Å². The summed E-state index contributed by atoms with van der Waals surface area (Å²) in [5, 5.41) is 26.8. The molecule has 2 aliphatic rings. The molecule has 35 heavy (non-hydrogen) atoms. The largest absolute Gasteiger partial charge is 0.471 e. The van der Waals surface area contributed by atoms with Gasteiger partial charge in [0.2, 0.25) is 11.8 Å². The number of ether oxygens (including phenoxy) is 1. The van der Waals surface area contributed by atoms with E-state index in [1.54, 1.807) is 12.1 Å². The molecule has 2 heterocycles. The van der Waals surface area contributed by atoms with E-state index in [2.05, 4.69) is 41.6 Å². The number of pyridine rings is 1. The molecule has 4 rings (SSSR count). The Hall–Kier alpha value is -2.95. The van der Waals surface area contributed by atoms with Gasteiger partial charge in [0.25, 0.3) is 0 Å². The quantitative estimate of drug-likeness (QED) is 0.511. The first-order chi connectivity index (χ1) is 16.8. The fraction of sp³-hybridized carbons (Fsp3) is 0.536. The van der Waals surface area contributed by atoms with Crippen molar-refractivity contribution < 1.29 is 14.6 Å². The van der Waals surface area contributed by atoms with E-state index in [1.165, 1.54) is 12.5 Å². The Morgan fingerprint density at radius 3 is 2.74 bits per heavy atom. The van der Waals surface area contributed by atoms with E-state index >= 15 is 0 Å². The third-order valence-corrected chi connectivity index (χ3v) is 7.05. The molecule has 1 spiro atoms. The molecular weight excluding hydrogens is 440 g/mol. The number of hydrogen-bond donors (Lipinski definition) is 3. The molecule has 0 bridgehead atoms. The van der Waals surface area contributed by atoms with E-state index in [-0.39, 0.29) is 17.6 Å². The second-order valence-corrected chi connectivity index (χ2v) is 10.5. The normalized spacial score (nSPS) is 19.7. The highest BCUT2D eigenvalue weighted by atomic mass is 16.5. The molecule has 1 fully saturated rings. The van der Waals surface area contributed by atoms with Crippen LogP contribution < -0.4 is 15.4 Å². The Balaban J connectivity index is 1.49. The van der Waals surface area contributed by atoms with Crippen LogP contribution in [0.2, 0.25) is 0 Å². The molecule has 1 aliphatic carbocycles. The van der Waals surface area contributed by atoms with Crippen LogP contribution in [-0.4, -0.2) is 40.3 Å². The van der Waals surface area contributed by atoms with E-state index in [4.69, 9.17) is 4.74 Å². The number of carbonyl (C=O) groups is 1. The third-order valence-electron chi connectivity index (χ3n) is 7.05. The van der Waals surface area contributed by atoms with Crippen molar-refractivity contribution >= 4 is 5.91 Å². The average Bonchev–Trinajstić information content (AvgIpc) is 2.80. The van der Waals surface area contributed by atoms with Crippen LogP contribution in [0.15, 0.2) is 36.5 Å². The molecule has 1 saturated carbocycles. The minimum absolute atomic E-state index is 0.0215. The number of fused-ring (bicyclic) bond motifs is 1. The molecule has 1 aromatic heterocycles. The molecule has 1 aromatic carbocycles. The number of nitriles is 1. The average molecular weight is 477 g/mol. The molecular formula is C28H36N4O3. The van der Waals surface area contributed by atoms with E-state index in [0.29, 0.717) is 30.3 Å². The van der Waals surface area contributed by atoms with Gasteiger partial charge in [0, 0.05) is 37.7 Å². The van der Waals surface area contributed by atoms with E-state index in [9.17, 15) is 15.2 Å². The van der Waals surface area contributed by atoms with Crippen molar-refractivity contribution in [2.75, 3.05) is 6.54 Å². The van der Waals surface area contributed by atoms with Crippen molar-refractivity contribution in [2.24, 2.45) is 5.92 Å². The maximum Gasteiger partial charge on any atom is 0.218 e. The first kappa shape index (κ1) is 25.2. The number of aromatic nitrogens is 1. The maximum absolute atomic E-state index is 11.9. The van der Waals surface area contributed by atoms with Gasteiger partial charge in [0.15, 0.2) is 0 Å². The second-order valence-electron chi connectivity index (χ2n) is 10.5. The fourth-order valence-electron chi connectivity index (χ4n) is 5.19. The molecule has 1 amide bonds. The van der Waals surface area contributed by atoms with Gasteiger partial charge in [-0.15, -0.1) is 0 Å². The van der Waals surface area contributed by atoms with Crippen LogP contribution >= 0.6 is 0 Å². The number of nitrogens with zero attached hydrogens (tertiary/aromatic N) is 2. The van der Waals surface area contributed by atoms with E-state index in [0.717, 1.165) is 43.2 Å². The lowest BCUT2D eigenvalue weighted by atomic mass is 9.73. The zero-order valence-corrected chi connectivity index (χ0v) is 20.9. The number of carbonyl (C=O) groups excluding carboxylic acids is 1. The minimum atomic E-state index is -0.805. The van der Waals surface area contributed by atoms with Crippen LogP contribution in [0.4, 0.5) is 0 Å². The fourth-order valence-corrected chi connectivity index (χ4v) is 5.19. The monoisotopic (exact) mass is 476 g/mol. The van der Waals surface area contributed by atoms with Gasteiger partial charge in [-0.1, -0.05) is 26.0 Å². The SMILES string of the molecule is CC(=O)N[C@@H](Cc1cccc(C#N)c1)[C@H](O)CN[C@H]1CC2(CCC2)Oc2ncc(CC(C)C)cc21. The minimum Gasteiger partial charge on any atom is -0.471 e. The van der Waals surface area contributed by atoms with Crippen molar-refractivity contribution in [1.82, 2.24) is 15.6 Å². The second kappa shape index (κ2) is 10.8. The van der Waals surface area contributed by atoms with Gasteiger partial charge < -0.3 is 20.5 Å². The van der Waals surface area contributed by atoms with Gasteiger partial charge in [-0.05, 0) is 67.3 Å². The maximum atomic E-state index is 11.9. The van der Waals surface area contributed by atoms with Gasteiger partial charge in [0.1, 0.15) is 5.60 Å². The number of nitrogens with one attached hydrogen (secondary N) is 2. The molecule has 2 aromatic rings. The summed E-state index contributed by atoms with van der Waals surface area (Å²) in [6, 6.07) is 11.2. The summed E-state index contributed by atoms with van der Waals surface area (Å²) >= 11 is 0. The Bertz CT molecular complexity index is 1090. The predicted molar refractivity (Wildman–Crippen MR) is 134 cm³/mol. The van der Waals surface area contributed by atoms with Gasteiger partial charge in [-0.2, -0.15) is 5.26 Å². The Morgan fingerprint density at radius 2 is 2.09 bits per heavy atom. The summed E-state index contributed by atoms with van der Waals surface area (Å²) in [6.07, 6.45) is 6.54. The highest BCUT2D eigenvalue weighted by Crippen LogP contribution is 2.48. The third kappa shape index (κ3) is 6.19. The molecule has 0 saturated heterocycles. The highest BCUT2D eigenvalue weighted by molar-refractivity contribution is 5.73. The first-order valence-electron chi connectivity index (χ1n) is 12.6. The lowest BCUT2D eigenvalue weighted by Gasteiger charge is -2.47. The number of benzene rings is 1. The lowest BCUT2D eigenvalue weighted by molar-refractivity contribution is -0.120. The van der Waals surface area contributed by atoms with Crippen molar-refractivity contribution in [3.05, 3.63) is 58.8 Å². The molecule has 3 N–H and O–H groups in total. The van der Waals surface area contributed by atoms with Crippen LogP contribution in [-0.2, 0) is 17.6 Å². The zero-order valence-electron chi connectivity index (χ0n) is 20.9. The van der Waals surface area contributed by atoms with Gasteiger partial charge in [-0.25, -0.2) is 4.98 Å². The summed E-state index contributed by atoms with van der Waals surface area (Å²) in [4.78, 5) is 16.5. The van der Waals surface area contributed by atoms with Crippen molar-refractivity contribution in [3.63, 3.8) is 0 Å². The number of hydrogen-bond acceptors (Lipinski definition) is 6. The zero-order chi connectivity index (χ0) is 25.0. The number of aliphatic hydroxyl groups is 1. The summed E-state index contributed by atoms with van der Waals surface area (Å²) in [5.41, 5.74) is 3.52. The van der Waals surface area contributed by atoms with Crippen LogP contribution in [0, 0.1) is 17.2 Å². The molecule has 7 nitrogen and oxygen atoms in total. The molecule has 7 heteroatoms. The van der Waals surface area contributed by atoms with Crippen molar-refractivity contribution in [1.29, 1.82) is 5.26 Å². The summed E-state index contributed by atoms with van der Waals surface area (Å²) < 4.78 is 6.36. The van der Waals surface area contributed by atoms with Crippen molar-refractivity contribution in [3.8, 4) is 11.9 Å². The smallest absolute Gasteiger partial charge is 0.218 e. The van der Waals surface area contributed by atoms with Gasteiger partial charge >= 0.3 is 0 Å². The molecule has 3 atom stereocenters. The van der Waals surface area contributed by atoms with Gasteiger partial charge in [-0.3, -0.25) is 4.79 Å². The summed E-state index contributed by atoms with van der Waals surface area (Å²) in [6.45, 7) is 6.16. The van der Waals surface area contributed by atoms with Crippen LogP contribution in [0.1, 0.15) is 74.8 Å². The first-order valence-corrected chi connectivity index (χ1v) is 12.6. The predicted octanol–water partition coefficient (Wildman–Crippen LogP) is 3.60. The Labute approximate surface area is 207 Å². The summed E-state index contributed by atoms with van der Waals surface area (Å²) in [5.74, 6) is 1.03. The summed E-state index contributed by atoms with van der Waals surface area (Å²) in [7, 11) is 0. The van der Waals surface area contributed by atoms with Crippen LogP contribution in [0.5, 0.6) is 5.88 Å². The Morgan fingerprint density at radius 1 is 1.29 bits per heavy atom. The topological polar surface area (TPSA) is 107 Å². The standard InChI is InChI=1S/C28H36N4O3/c1-18(2)10-22-12-23-25(14-28(8-5-9-28)35-27(23)31-16-22)30-17-26(34)24(32-19(3)33)13-20-6-4-7-21(11-20)15-29/h4,6-7,11-12,16,18,24-26,30,34H,5,8-10,13-14,17H2,1-3H3,(H,32,33)/t24-,25-,26+/m0/s1.